The van der Waals surface area contributed by atoms with E-state index in [0.717, 1.165) is 72.7 Å². The second-order valence-corrected chi connectivity index (χ2v) is 14.1. The number of aromatic nitrogens is 2. The zero-order valence-corrected chi connectivity index (χ0v) is 29.6. The number of fused-ring (bicyclic) bond motifs is 3. The predicted molar refractivity (Wildman–Crippen MR) is 218 cm³/mol. The van der Waals surface area contributed by atoms with Gasteiger partial charge in [0, 0.05) is 22.1 Å². The molecule has 53 heavy (non-hydrogen) atoms. The maximum Gasteiger partial charge on any atom is 0.195 e. The van der Waals surface area contributed by atoms with E-state index < -0.39 is 0 Å². The van der Waals surface area contributed by atoms with Crippen molar-refractivity contribution < 1.29 is 0 Å². The molecule has 0 bridgehead atoms. The highest BCUT2D eigenvalue weighted by Gasteiger charge is 2.36. The Bertz CT molecular complexity index is 2670. The Hall–Kier alpha value is -6.89. The molecule has 1 heterocycles. The molecule has 250 valence electrons. The third-order valence-corrected chi connectivity index (χ3v) is 10.6. The fraction of sp³-hybridized carbons (Fsp3) is 0.0600. The lowest BCUT2D eigenvalue weighted by Crippen LogP contribution is -2.14. The van der Waals surface area contributed by atoms with Crippen LogP contribution in [0, 0.1) is 6.57 Å². The largest absolute Gasteiger partial charge is 0.238 e. The van der Waals surface area contributed by atoms with Gasteiger partial charge in [-0.05, 0) is 73.8 Å². The van der Waals surface area contributed by atoms with E-state index in [1.807, 2.05) is 36.4 Å². The molecule has 0 saturated carbocycles. The Morgan fingerprint density at radius 2 is 0.906 bits per heavy atom. The van der Waals surface area contributed by atoms with E-state index in [2.05, 4.69) is 158 Å². The minimum Gasteiger partial charge on any atom is -0.238 e. The van der Waals surface area contributed by atoms with Gasteiger partial charge >= 0.3 is 0 Å². The van der Waals surface area contributed by atoms with Crippen molar-refractivity contribution in [3.63, 3.8) is 0 Å². The molecule has 0 fully saturated rings. The molecule has 0 radical (unpaired) electrons. The molecule has 1 aliphatic carbocycles. The zero-order chi connectivity index (χ0) is 35.9. The van der Waals surface area contributed by atoms with Gasteiger partial charge in [0.1, 0.15) is 0 Å². The van der Waals surface area contributed by atoms with Crippen LogP contribution in [0.5, 0.6) is 0 Å². The lowest BCUT2D eigenvalue weighted by molar-refractivity contribution is 0.660. The Labute approximate surface area is 310 Å². The SMILES string of the molecule is [C-]#[N+]c1cccc2c1-c1cc(-c3ccc(-c4cccc(-c5cc(-c6ccccc6)nc(-c6ccc(-c7ccccc7)cc6)n5)c4)cc3)ccc1C2(C)C. The topological polar surface area (TPSA) is 30.1 Å². The van der Waals surface area contributed by atoms with Gasteiger partial charge in [0.25, 0.3) is 0 Å². The molecule has 0 aliphatic heterocycles. The zero-order valence-electron chi connectivity index (χ0n) is 29.6. The minimum atomic E-state index is -0.141. The van der Waals surface area contributed by atoms with Crippen LogP contribution < -0.4 is 0 Å². The van der Waals surface area contributed by atoms with Crippen LogP contribution in [0.1, 0.15) is 25.0 Å². The first kappa shape index (κ1) is 32.0. The second kappa shape index (κ2) is 13.0. The van der Waals surface area contributed by atoms with Crippen molar-refractivity contribution in [2.75, 3.05) is 0 Å². The lowest BCUT2D eigenvalue weighted by Gasteiger charge is -2.21. The van der Waals surface area contributed by atoms with E-state index >= 15 is 0 Å². The van der Waals surface area contributed by atoms with E-state index in [0.29, 0.717) is 5.82 Å². The van der Waals surface area contributed by atoms with Crippen LogP contribution in [-0.4, -0.2) is 9.97 Å². The molecule has 3 heteroatoms. The Balaban J connectivity index is 1.05. The number of rotatable bonds is 6. The van der Waals surface area contributed by atoms with Crippen LogP contribution in [0.4, 0.5) is 5.69 Å². The third-order valence-electron chi connectivity index (χ3n) is 10.6. The summed E-state index contributed by atoms with van der Waals surface area (Å²) in [4.78, 5) is 14.1. The molecule has 0 spiro atoms. The Kier molecular flexibility index (Phi) is 7.87. The third kappa shape index (κ3) is 5.81. The van der Waals surface area contributed by atoms with Crippen LogP contribution in [0.25, 0.3) is 83.3 Å². The van der Waals surface area contributed by atoms with Crippen LogP contribution >= 0.6 is 0 Å². The molecule has 1 aliphatic rings. The van der Waals surface area contributed by atoms with Gasteiger partial charge in [0.15, 0.2) is 11.5 Å². The number of hydrogen-bond acceptors (Lipinski definition) is 2. The molecule has 8 aromatic rings. The molecule has 0 atom stereocenters. The highest BCUT2D eigenvalue weighted by atomic mass is 14.9. The van der Waals surface area contributed by atoms with E-state index in [4.69, 9.17) is 16.5 Å². The Morgan fingerprint density at radius 1 is 0.415 bits per heavy atom. The van der Waals surface area contributed by atoms with E-state index in [-0.39, 0.29) is 5.41 Å². The smallest absolute Gasteiger partial charge is 0.195 e. The summed E-state index contributed by atoms with van der Waals surface area (Å²) in [5.74, 6) is 0.694. The average molecular weight is 678 g/mol. The monoisotopic (exact) mass is 677 g/mol. The highest BCUT2D eigenvalue weighted by Crippen LogP contribution is 2.53. The van der Waals surface area contributed by atoms with Gasteiger partial charge in [-0.15, -0.1) is 0 Å². The highest BCUT2D eigenvalue weighted by molar-refractivity contribution is 5.92. The summed E-state index contributed by atoms with van der Waals surface area (Å²) in [5, 5.41) is 0. The van der Waals surface area contributed by atoms with Crippen LogP contribution in [0.2, 0.25) is 0 Å². The average Bonchev–Trinajstić information content (AvgIpc) is 3.47. The fourth-order valence-corrected chi connectivity index (χ4v) is 7.69. The molecule has 0 amide bonds. The molecule has 3 nitrogen and oxygen atoms in total. The molecule has 0 unspecified atom stereocenters. The first-order chi connectivity index (χ1) is 26.0. The van der Waals surface area contributed by atoms with Crippen LogP contribution in [-0.2, 0) is 5.41 Å². The molecule has 0 N–H and O–H groups in total. The Morgan fingerprint density at radius 3 is 1.57 bits per heavy atom. The number of nitrogens with zero attached hydrogens (tertiary/aromatic N) is 3. The van der Waals surface area contributed by atoms with Crippen molar-refractivity contribution in [2.24, 2.45) is 0 Å². The van der Waals surface area contributed by atoms with Gasteiger partial charge in [-0.25, -0.2) is 14.8 Å². The summed E-state index contributed by atoms with van der Waals surface area (Å²) in [5.41, 5.74) is 17.0. The minimum absolute atomic E-state index is 0.141. The maximum absolute atomic E-state index is 7.83. The van der Waals surface area contributed by atoms with Crippen molar-refractivity contribution in [2.45, 2.75) is 19.3 Å². The van der Waals surface area contributed by atoms with Gasteiger partial charge in [-0.2, -0.15) is 0 Å². The standard InChI is InChI=1S/C50H35N3/c1-50(2)43-29-28-40(31-42(43)48-44(50)18-11-19-45(48)51-3)36-22-20-35(21-23-36)39-16-10-17-41(30-39)47-32-46(37-14-8-5-9-15-37)52-49(53-47)38-26-24-34(25-27-38)33-12-6-4-7-13-33/h4-32H,1-2H3. The fourth-order valence-electron chi connectivity index (χ4n) is 7.69. The molecular weight excluding hydrogens is 643 g/mol. The predicted octanol–water partition coefficient (Wildman–Crippen LogP) is 13.3. The van der Waals surface area contributed by atoms with Crippen LogP contribution in [0.3, 0.4) is 0 Å². The van der Waals surface area contributed by atoms with Crippen LogP contribution in [0.15, 0.2) is 176 Å². The van der Waals surface area contributed by atoms with Crippen molar-refractivity contribution in [1.29, 1.82) is 0 Å². The normalized spacial score (nSPS) is 12.5. The van der Waals surface area contributed by atoms with E-state index in [1.165, 1.54) is 16.7 Å². The van der Waals surface area contributed by atoms with E-state index in [9.17, 15) is 0 Å². The van der Waals surface area contributed by atoms with Gasteiger partial charge in [-0.3, -0.25) is 0 Å². The van der Waals surface area contributed by atoms with Crippen molar-refractivity contribution >= 4 is 5.69 Å². The summed E-state index contributed by atoms with van der Waals surface area (Å²) < 4.78 is 0. The van der Waals surface area contributed by atoms with Crippen molar-refractivity contribution in [3.8, 4) is 78.4 Å². The van der Waals surface area contributed by atoms with Crippen molar-refractivity contribution in [3.05, 3.63) is 198 Å². The summed E-state index contributed by atoms with van der Waals surface area (Å²) in [7, 11) is 0. The van der Waals surface area contributed by atoms with Crippen molar-refractivity contribution in [1.82, 2.24) is 9.97 Å². The molecule has 0 saturated heterocycles. The van der Waals surface area contributed by atoms with Gasteiger partial charge < -0.3 is 0 Å². The summed E-state index contributed by atoms with van der Waals surface area (Å²) >= 11 is 0. The molecule has 7 aromatic carbocycles. The number of benzene rings is 7. The summed E-state index contributed by atoms with van der Waals surface area (Å²) in [6.45, 7) is 12.3. The molecular formula is C50H35N3. The quantitative estimate of drug-likeness (QED) is 0.164. The summed E-state index contributed by atoms with van der Waals surface area (Å²) in [6, 6.07) is 61.5. The summed E-state index contributed by atoms with van der Waals surface area (Å²) in [6.07, 6.45) is 0. The van der Waals surface area contributed by atoms with Gasteiger partial charge in [-0.1, -0.05) is 172 Å². The first-order valence-corrected chi connectivity index (χ1v) is 17.9. The van der Waals surface area contributed by atoms with E-state index in [1.54, 1.807) is 0 Å². The van der Waals surface area contributed by atoms with Gasteiger partial charge in [0.05, 0.1) is 18.0 Å². The second-order valence-electron chi connectivity index (χ2n) is 14.1. The van der Waals surface area contributed by atoms with Gasteiger partial charge in [0.2, 0.25) is 0 Å². The number of hydrogen-bond donors (Lipinski definition) is 0. The lowest BCUT2D eigenvalue weighted by atomic mass is 9.82. The molecule has 1 aromatic heterocycles. The first-order valence-electron chi connectivity index (χ1n) is 17.9. The maximum atomic E-state index is 7.83. The molecule has 9 rings (SSSR count).